The Balaban J connectivity index is 2.74. The van der Waals surface area contributed by atoms with Crippen molar-refractivity contribution in [2.24, 2.45) is 11.7 Å². The summed E-state index contributed by atoms with van der Waals surface area (Å²) < 4.78 is 39.1. The quantitative estimate of drug-likeness (QED) is 0.848. The Hall–Kier alpha value is -1.04. The van der Waals surface area contributed by atoms with Gasteiger partial charge in [-0.2, -0.15) is 13.2 Å². The zero-order chi connectivity index (χ0) is 12.2. The lowest BCUT2D eigenvalue weighted by molar-refractivity contribution is -0.175. The second-order valence-electron chi connectivity index (χ2n) is 3.72. The molecule has 16 heavy (non-hydrogen) atoms. The van der Waals surface area contributed by atoms with Crippen molar-refractivity contribution in [2.45, 2.75) is 32.5 Å². The van der Waals surface area contributed by atoms with Crippen molar-refractivity contribution in [1.29, 1.82) is 0 Å². The number of nitrogens with zero attached hydrogens (tertiary/aromatic N) is 2. The van der Waals surface area contributed by atoms with E-state index in [1.807, 2.05) is 6.92 Å². The van der Waals surface area contributed by atoms with Gasteiger partial charge in [0.2, 0.25) is 0 Å². The highest BCUT2D eigenvalue weighted by molar-refractivity contribution is 4.93. The molecule has 0 aliphatic carbocycles. The molecule has 0 radical (unpaired) electrons. The van der Waals surface area contributed by atoms with Crippen molar-refractivity contribution in [3.63, 3.8) is 0 Å². The number of halogens is 3. The lowest BCUT2D eigenvalue weighted by Crippen LogP contribution is -2.34. The SMILES string of the molecule is CCCc1nccn1CC(CN)C(F)(F)F. The minimum Gasteiger partial charge on any atom is -0.334 e. The van der Waals surface area contributed by atoms with Gasteiger partial charge in [-0.05, 0) is 6.42 Å². The predicted octanol–water partition coefficient (Wildman–Crippen LogP) is 1.97. The topological polar surface area (TPSA) is 43.8 Å². The Kier molecular flexibility index (Phi) is 4.35. The van der Waals surface area contributed by atoms with Crippen LogP contribution in [0.5, 0.6) is 0 Å². The highest BCUT2D eigenvalue weighted by Gasteiger charge is 2.38. The minimum absolute atomic E-state index is 0.144. The third-order valence-corrected chi connectivity index (χ3v) is 2.44. The molecule has 0 amide bonds. The van der Waals surface area contributed by atoms with Gasteiger partial charge in [0.05, 0.1) is 5.92 Å². The van der Waals surface area contributed by atoms with E-state index in [1.165, 1.54) is 10.8 Å². The fourth-order valence-corrected chi connectivity index (χ4v) is 1.51. The molecule has 2 N–H and O–H groups in total. The predicted molar refractivity (Wildman–Crippen MR) is 54.8 cm³/mol. The molecule has 1 rings (SSSR count). The summed E-state index contributed by atoms with van der Waals surface area (Å²) in [5.41, 5.74) is 5.15. The average molecular weight is 235 g/mol. The Morgan fingerprint density at radius 3 is 2.69 bits per heavy atom. The first-order valence-corrected chi connectivity index (χ1v) is 5.25. The molecule has 0 spiro atoms. The van der Waals surface area contributed by atoms with Gasteiger partial charge in [-0.3, -0.25) is 0 Å². The van der Waals surface area contributed by atoms with Crippen molar-refractivity contribution in [2.75, 3.05) is 6.54 Å². The maximum Gasteiger partial charge on any atom is 0.394 e. The highest BCUT2D eigenvalue weighted by atomic mass is 19.4. The summed E-state index contributed by atoms with van der Waals surface area (Å²) in [6, 6.07) is 0. The van der Waals surface area contributed by atoms with Gasteiger partial charge in [-0.1, -0.05) is 6.92 Å². The summed E-state index contributed by atoms with van der Waals surface area (Å²) in [7, 11) is 0. The van der Waals surface area contributed by atoms with Gasteiger partial charge in [0.1, 0.15) is 5.82 Å². The van der Waals surface area contributed by atoms with Crippen molar-refractivity contribution < 1.29 is 13.2 Å². The minimum atomic E-state index is -4.25. The Morgan fingerprint density at radius 2 is 2.19 bits per heavy atom. The van der Waals surface area contributed by atoms with Crippen molar-refractivity contribution in [3.8, 4) is 0 Å². The molecule has 0 saturated carbocycles. The van der Waals surface area contributed by atoms with Crippen LogP contribution in [0, 0.1) is 5.92 Å². The van der Waals surface area contributed by atoms with Crippen LogP contribution >= 0.6 is 0 Å². The molecule has 1 unspecified atom stereocenters. The fraction of sp³-hybridized carbons (Fsp3) is 0.700. The Bertz CT molecular complexity index is 319. The van der Waals surface area contributed by atoms with E-state index in [-0.39, 0.29) is 6.54 Å². The van der Waals surface area contributed by atoms with Gasteiger partial charge in [0.15, 0.2) is 0 Å². The van der Waals surface area contributed by atoms with Crippen LogP contribution in [-0.4, -0.2) is 22.3 Å². The molecule has 6 heteroatoms. The molecule has 3 nitrogen and oxygen atoms in total. The number of imidazole rings is 1. The first kappa shape index (κ1) is 13.0. The van der Waals surface area contributed by atoms with E-state index in [0.717, 1.165) is 6.42 Å². The van der Waals surface area contributed by atoms with E-state index in [9.17, 15) is 13.2 Å². The summed E-state index contributed by atoms with van der Waals surface area (Å²) in [5.74, 6) is -0.817. The van der Waals surface area contributed by atoms with E-state index in [1.54, 1.807) is 6.20 Å². The van der Waals surface area contributed by atoms with Crippen LogP contribution < -0.4 is 5.73 Å². The summed E-state index contributed by atoms with van der Waals surface area (Å²) in [5, 5.41) is 0. The molecule has 1 aromatic rings. The zero-order valence-corrected chi connectivity index (χ0v) is 9.17. The fourth-order valence-electron chi connectivity index (χ4n) is 1.51. The number of hydrogen-bond acceptors (Lipinski definition) is 2. The maximum atomic E-state index is 12.5. The molecular weight excluding hydrogens is 219 g/mol. The first-order valence-electron chi connectivity index (χ1n) is 5.25. The third-order valence-electron chi connectivity index (χ3n) is 2.44. The molecule has 1 atom stereocenters. The van der Waals surface area contributed by atoms with Crippen LogP contribution in [0.25, 0.3) is 0 Å². The molecule has 1 aromatic heterocycles. The molecular formula is C10H16F3N3. The van der Waals surface area contributed by atoms with Gasteiger partial charge < -0.3 is 10.3 Å². The summed E-state index contributed by atoms with van der Waals surface area (Å²) in [4.78, 5) is 4.03. The van der Waals surface area contributed by atoms with E-state index < -0.39 is 18.6 Å². The van der Waals surface area contributed by atoms with Gasteiger partial charge in [-0.25, -0.2) is 4.98 Å². The smallest absolute Gasteiger partial charge is 0.334 e. The molecule has 0 fully saturated rings. The average Bonchev–Trinajstić information content (AvgIpc) is 2.60. The molecule has 1 heterocycles. The number of aromatic nitrogens is 2. The highest BCUT2D eigenvalue weighted by Crippen LogP contribution is 2.27. The van der Waals surface area contributed by atoms with Crippen LogP contribution in [0.4, 0.5) is 13.2 Å². The number of hydrogen-bond donors (Lipinski definition) is 1. The lowest BCUT2D eigenvalue weighted by Gasteiger charge is -2.19. The van der Waals surface area contributed by atoms with Crippen LogP contribution in [0.15, 0.2) is 12.4 Å². The molecule has 0 bridgehead atoms. The van der Waals surface area contributed by atoms with E-state index in [0.29, 0.717) is 12.2 Å². The van der Waals surface area contributed by atoms with Gasteiger partial charge in [0.25, 0.3) is 0 Å². The van der Waals surface area contributed by atoms with Crippen LogP contribution in [0.2, 0.25) is 0 Å². The number of nitrogens with two attached hydrogens (primary N) is 1. The molecule has 0 saturated heterocycles. The molecule has 0 aliphatic heterocycles. The lowest BCUT2D eigenvalue weighted by atomic mass is 10.1. The van der Waals surface area contributed by atoms with Crippen LogP contribution in [0.3, 0.4) is 0 Å². The van der Waals surface area contributed by atoms with E-state index in [4.69, 9.17) is 5.73 Å². The van der Waals surface area contributed by atoms with Gasteiger partial charge in [0, 0.05) is 31.9 Å². The standard InChI is InChI=1S/C10H16F3N3/c1-2-3-9-15-4-5-16(9)7-8(6-14)10(11,12)13/h4-5,8H,2-3,6-7,14H2,1H3. The number of aryl methyl sites for hydroxylation is 1. The Labute approximate surface area is 92.5 Å². The third kappa shape index (κ3) is 3.23. The van der Waals surface area contributed by atoms with Crippen LogP contribution in [0.1, 0.15) is 19.2 Å². The number of alkyl halides is 3. The van der Waals surface area contributed by atoms with Gasteiger partial charge >= 0.3 is 6.18 Å². The second-order valence-corrected chi connectivity index (χ2v) is 3.72. The summed E-state index contributed by atoms with van der Waals surface area (Å²) >= 11 is 0. The van der Waals surface area contributed by atoms with Gasteiger partial charge in [-0.15, -0.1) is 0 Å². The summed E-state index contributed by atoms with van der Waals surface area (Å²) in [6.07, 6.45) is 0.384. The monoisotopic (exact) mass is 235 g/mol. The molecule has 92 valence electrons. The second kappa shape index (κ2) is 5.34. The zero-order valence-electron chi connectivity index (χ0n) is 9.17. The largest absolute Gasteiger partial charge is 0.394 e. The maximum absolute atomic E-state index is 12.5. The van der Waals surface area contributed by atoms with Crippen LogP contribution in [-0.2, 0) is 13.0 Å². The summed E-state index contributed by atoms with van der Waals surface area (Å²) in [6.45, 7) is 1.42. The Morgan fingerprint density at radius 1 is 1.50 bits per heavy atom. The van der Waals surface area contributed by atoms with Crippen molar-refractivity contribution in [1.82, 2.24) is 9.55 Å². The first-order chi connectivity index (χ1) is 7.49. The van der Waals surface area contributed by atoms with Crippen molar-refractivity contribution >= 4 is 0 Å². The molecule has 0 aromatic carbocycles. The number of rotatable bonds is 5. The van der Waals surface area contributed by atoms with E-state index in [2.05, 4.69) is 4.98 Å². The van der Waals surface area contributed by atoms with E-state index >= 15 is 0 Å². The molecule has 0 aliphatic rings. The van der Waals surface area contributed by atoms with Crippen molar-refractivity contribution in [3.05, 3.63) is 18.2 Å². The normalized spacial score (nSPS) is 14.1.